The van der Waals surface area contributed by atoms with Crippen LogP contribution in [0.2, 0.25) is 0 Å². The van der Waals surface area contributed by atoms with Gasteiger partial charge in [-0.3, -0.25) is 9.38 Å². The number of hydrogen-bond donors (Lipinski definition) is 0. The number of pyridine rings is 1. The zero-order valence-electron chi connectivity index (χ0n) is 12.6. The highest BCUT2D eigenvalue weighted by atomic mass is 79.9. The molecule has 0 aliphatic carbocycles. The number of sulfone groups is 1. The van der Waals surface area contributed by atoms with Gasteiger partial charge in [0.1, 0.15) is 33.7 Å². The van der Waals surface area contributed by atoms with E-state index in [4.69, 9.17) is 0 Å². The highest BCUT2D eigenvalue weighted by Gasteiger charge is 2.33. The van der Waals surface area contributed by atoms with E-state index in [1.54, 1.807) is 0 Å². The maximum atomic E-state index is 12.8. The summed E-state index contributed by atoms with van der Waals surface area (Å²) >= 11 is 3.23. The first-order valence-electron chi connectivity index (χ1n) is 6.94. The lowest BCUT2D eigenvalue weighted by atomic mass is 10.3. The molecule has 0 fully saturated rings. The molecule has 0 aliphatic rings. The molecule has 0 radical (unpaired) electrons. The predicted octanol–water partition coefficient (Wildman–Crippen LogP) is 3.37. The molecular formula is C14H10BrF3N4O2S. The van der Waals surface area contributed by atoms with Gasteiger partial charge in [-0.05, 0) is 28.1 Å². The zero-order valence-corrected chi connectivity index (χ0v) is 15.0. The molecule has 6 nitrogen and oxygen atoms in total. The monoisotopic (exact) mass is 434 g/mol. The maximum Gasteiger partial charge on any atom is 0.433 e. The minimum atomic E-state index is -4.61. The molecule has 25 heavy (non-hydrogen) atoms. The van der Waals surface area contributed by atoms with Gasteiger partial charge in [0.25, 0.3) is 0 Å². The van der Waals surface area contributed by atoms with Gasteiger partial charge >= 0.3 is 6.18 Å². The van der Waals surface area contributed by atoms with Crippen molar-refractivity contribution in [1.82, 2.24) is 19.4 Å². The van der Waals surface area contributed by atoms with Crippen molar-refractivity contribution in [3.8, 4) is 11.4 Å². The lowest BCUT2D eigenvalue weighted by molar-refractivity contribution is -0.141. The van der Waals surface area contributed by atoms with Gasteiger partial charge in [0.2, 0.25) is 0 Å². The van der Waals surface area contributed by atoms with E-state index in [1.807, 2.05) is 0 Å². The molecule has 3 heterocycles. The molecule has 0 aromatic carbocycles. The molecule has 3 aromatic rings. The summed E-state index contributed by atoms with van der Waals surface area (Å²) in [5.74, 6) is -0.142. The topological polar surface area (TPSA) is 77.2 Å². The van der Waals surface area contributed by atoms with Crippen LogP contribution in [0.4, 0.5) is 13.2 Å². The van der Waals surface area contributed by atoms with Gasteiger partial charge < -0.3 is 0 Å². The van der Waals surface area contributed by atoms with Crippen molar-refractivity contribution >= 4 is 31.4 Å². The SMILES string of the molecule is CCS(=O)(=O)c1cccnc1-c1nc2cc(C(F)(F)F)ncn2c1Br. The molecule has 0 saturated heterocycles. The van der Waals surface area contributed by atoms with E-state index in [9.17, 15) is 21.6 Å². The van der Waals surface area contributed by atoms with Gasteiger partial charge in [-0.25, -0.2) is 18.4 Å². The molecule has 0 aliphatic heterocycles. The Hall–Kier alpha value is -2.01. The number of hydrogen-bond acceptors (Lipinski definition) is 5. The molecule has 11 heteroatoms. The Balaban J connectivity index is 2.26. The summed E-state index contributed by atoms with van der Waals surface area (Å²) in [7, 11) is -3.59. The highest BCUT2D eigenvalue weighted by Crippen LogP contribution is 2.34. The first kappa shape index (κ1) is 17.8. The van der Waals surface area contributed by atoms with Crippen LogP contribution < -0.4 is 0 Å². The molecular weight excluding hydrogens is 425 g/mol. The third kappa shape index (κ3) is 3.13. The fourth-order valence-electron chi connectivity index (χ4n) is 2.20. The summed E-state index contributed by atoms with van der Waals surface area (Å²) in [5, 5.41) is 0. The van der Waals surface area contributed by atoms with Gasteiger partial charge in [0.15, 0.2) is 9.84 Å². The van der Waals surface area contributed by atoms with Gasteiger partial charge in [-0.2, -0.15) is 13.2 Å². The molecule has 0 N–H and O–H groups in total. The van der Waals surface area contributed by atoms with Crippen LogP contribution in [0.15, 0.2) is 40.2 Å². The number of fused-ring (bicyclic) bond motifs is 1. The maximum absolute atomic E-state index is 12.8. The van der Waals surface area contributed by atoms with Gasteiger partial charge in [-0.15, -0.1) is 0 Å². The molecule has 132 valence electrons. The number of imidazole rings is 1. The molecule has 0 amide bonds. The van der Waals surface area contributed by atoms with Gasteiger partial charge in [-0.1, -0.05) is 6.92 Å². The third-order valence-corrected chi connectivity index (χ3v) is 5.98. The quantitative estimate of drug-likeness (QED) is 0.631. The number of halogens is 4. The smallest absolute Gasteiger partial charge is 0.276 e. The highest BCUT2D eigenvalue weighted by molar-refractivity contribution is 9.10. The fraction of sp³-hybridized carbons (Fsp3) is 0.214. The van der Waals surface area contributed by atoms with Crippen LogP contribution in [0.1, 0.15) is 12.6 Å². The van der Waals surface area contributed by atoms with Gasteiger partial charge in [0, 0.05) is 12.3 Å². The van der Waals surface area contributed by atoms with E-state index in [1.165, 1.54) is 29.7 Å². The molecule has 0 saturated carbocycles. The lowest BCUT2D eigenvalue weighted by Crippen LogP contribution is -2.08. The Morgan fingerprint density at radius 1 is 1.24 bits per heavy atom. The summed E-state index contributed by atoms with van der Waals surface area (Å²) in [4.78, 5) is 11.5. The molecule has 0 spiro atoms. The lowest BCUT2D eigenvalue weighted by Gasteiger charge is -2.06. The zero-order chi connectivity index (χ0) is 18.4. The van der Waals surface area contributed by atoms with Crippen LogP contribution in [0.5, 0.6) is 0 Å². The van der Waals surface area contributed by atoms with E-state index in [-0.39, 0.29) is 32.3 Å². The van der Waals surface area contributed by atoms with Crippen molar-refractivity contribution in [3.63, 3.8) is 0 Å². The van der Waals surface area contributed by atoms with E-state index in [0.717, 1.165) is 12.4 Å². The number of nitrogens with zero attached hydrogens (tertiary/aromatic N) is 4. The van der Waals surface area contributed by atoms with E-state index in [0.29, 0.717) is 0 Å². The summed E-state index contributed by atoms with van der Waals surface area (Å²) in [6, 6.07) is 3.64. The van der Waals surface area contributed by atoms with Crippen molar-refractivity contribution in [1.29, 1.82) is 0 Å². The Morgan fingerprint density at radius 2 is 1.96 bits per heavy atom. The van der Waals surface area contributed by atoms with Crippen LogP contribution in [0, 0.1) is 0 Å². The minimum absolute atomic E-state index is 0.0327. The molecule has 3 rings (SSSR count). The molecule has 0 unspecified atom stereocenters. The standard InChI is InChI=1S/C14H10BrF3N4O2S/c1-2-25(23,24)8-4-3-5-19-11(8)12-13(15)22-7-20-9(14(16,17)18)6-10(22)21-12/h3-7H,2H2,1H3. The Morgan fingerprint density at radius 3 is 2.60 bits per heavy atom. The fourth-order valence-corrected chi connectivity index (χ4v) is 3.79. The first-order chi connectivity index (χ1) is 11.6. The second-order valence-corrected chi connectivity index (χ2v) is 8.00. The summed E-state index contributed by atoms with van der Waals surface area (Å²) in [6.07, 6.45) is -2.25. The Kier molecular flexibility index (Phi) is 4.31. The Bertz CT molecular complexity index is 1060. The predicted molar refractivity (Wildman–Crippen MR) is 86.6 cm³/mol. The molecule has 0 bridgehead atoms. The number of alkyl halides is 3. The van der Waals surface area contributed by atoms with E-state index < -0.39 is 21.7 Å². The van der Waals surface area contributed by atoms with Crippen molar-refractivity contribution in [2.45, 2.75) is 18.0 Å². The molecule has 0 atom stereocenters. The average Bonchev–Trinajstić information content (AvgIpc) is 2.90. The van der Waals surface area contributed by atoms with Gasteiger partial charge in [0.05, 0.1) is 10.6 Å². The Labute approximate surface area is 148 Å². The van der Waals surface area contributed by atoms with E-state index in [2.05, 4.69) is 30.9 Å². The van der Waals surface area contributed by atoms with Crippen LogP contribution in [0.25, 0.3) is 17.0 Å². The van der Waals surface area contributed by atoms with E-state index >= 15 is 0 Å². The first-order valence-corrected chi connectivity index (χ1v) is 9.38. The normalized spacial score (nSPS) is 12.7. The van der Waals surface area contributed by atoms with Crippen molar-refractivity contribution < 1.29 is 21.6 Å². The van der Waals surface area contributed by atoms with Crippen LogP contribution in [-0.2, 0) is 16.0 Å². The van der Waals surface area contributed by atoms with Crippen molar-refractivity contribution in [3.05, 3.63) is 41.0 Å². The minimum Gasteiger partial charge on any atom is -0.276 e. The second-order valence-electron chi connectivity index (χ2n) is 5.00. The number of aromatic nitrogens is 4. The largest absolute Gasteiger partial charge is 0.433 e. The van der Waals surface area contributed by atoms with Crippen LogP contribution >= 0.6 is 15.9 Å². The average molecular weight is 435 g/mol. The summed E-state index contributed by atoms with van der Waals surface area (Å²) in [5.41, 5.74) is -0.941. The summed E-state index contributed by atoms with van der Waals surface area (Å²) in [6.45, 7) is 1.49. The number of rotatable bonds is 3. The van der Waals surface area contributed by atoms with Crippen molar-refractivity contribution in [2.24, 2.45) is 0 Å². The van der Waals surface area contributed by atoms with Crippen LogP contribution in [0.3, 0.4) is 0 Å². The third-order valence-electron chi connectivity index (χ3n) is 3.46. The second kappa shape index (κ2) is 6.06. The van der Waals surface area contributed by atoms with Crippen LogP contribution in [-0.4, -0.2) is 33.5 Å². The van der Waals surface area contributed by atoms with Crippen molar-refractivity contribution in [2.75, 3.05) is 5.75 Å². The summed E-state index contributed by atoms with van der Waals surface area (Å²) < 4.78 is 64.5. The molecule has 3 aromatic heterocycles.